The van der Waals surface area contributed by atoms with Crippen molar-refractivity contribution in [3.05, 3.63) is 28.8 Å². The minimum atomic E-state index is -0.517. The molecule has 0 bridgehead atoms. The van der Waals surface area contributed by atoms with E-state index in [0.29, 0.717) is 10.8 Å². The predicted molar refractivity (Wildman–Crippen MR) is 91.6 cm³/mol. The molecule has 3 rings (SSSR count). The van der Waals surface area contributed by atoms with Crippen LogP contribution in [0.1, 0.15) is 33.3 Å². The van der Waals surface area contributed by atoms with Crippen LogP contribution in [0.15, 0.2) is 18.2 Å². The lowest BCUT2D eigenvalue weighted by Crippen LogP contribution is -2.41. The van der Waals surface area contributed by atoms with Crippen molar-refractivity contribution in [3.63, 3.8) is 0 Å². The van der Waals surface area contributed by atoms with Gasteiger partial charge in [0.2, 0.25) is 0 Å². The van der Waals surface area contributed by atoms with E-state index in [4.69, 9.17) is 26.6 Å². The number of aryl methyl sites for hydroxylation is 1. The van der Waals surface area contributed by atoms with Crippen LogP contribution in [-0.4, -0.2) is 23.3 Å². The third-order valence-corrected chi connectivity index (χ3v) is 5.15. The zero-order valence-electron chi connectivity index (χ0n) is 13.5. The lowest BCUT2D eigenvalue weighted by atomic mass is 9.76. The second kappa shape index (κ2) is 4.85. The summed E-state index contributed by atoms with van der Waals surface area (Å²) in [5, 5.41) is 1.50. The third-order valence-electron chi connectivity index (χ3n) is 4.66. The molecule has 0 atom stereocenters. The number of benzene rings is 1. The Morgan fingerprint density at radius 2 is 1.73 bits per heavy atom. The summed E-state index contributed by atoms with van der Waals surface area (Å²) in [6.45, 7) is 10.0. The topological polar surface area (TPSA) is 57.4 Å². The van der Waals surface area contributed by atoms with Gasteiger partial charge in [0.15, 0.2) is 0 Å². The molecular weight excluding hydrogens is 298 g/mol. The van der Waals surface area contributed by atoms with Gasteiger partial charge in [0.25, 0.3) is 0 Å². The normalized spacial score (nSPS) is 19.8. The van der Waals surface area contributed by atoms with Gasteiger partial charge in [-0.05, 0) is 57.8 Å². The molecule has 4 nitrogen and oxygen atoms in total. The first-order valence-electron chi connectivity index (χ1n) is 7.33. The van der Waals surface area contributed by atoms with Crippen LogP contribution in [0.25, 0.3) is 10.9 Å². The fourth-order valence-corrected chi connectivity index (χ4v) is 2.87. The quantitative estimate of drug-likeness (QED) is 0.821. The van der Waals surface area contributed by atoms with Crippen molar-refractivity contribution < 1.29 is 9.31 Å². The summed E-state index contributed by atoms with van der Waals surface area (Å²) in [6.07, 6.45) is 0. The molecule has 0 amide bonds. The Balaban J connectivity index is 2.22. The van der Waals surface area contributed by atoms with E-state index in [1.807, 2.05) is 46.8 Å². The first-order valence-corrected chi connectivity index (χ1v) is 7.71. The number of hydrogen-bond acceptors (Lipinski definition) is 4. The van der Waals surface area contributed by atoms with Crippen LogP contribution in [0.3, 0.4) is 0 Å². The van der Waals surface area contributed by atoms with Crippen LogP contribution in [-0.2, 0) is 9.31 Å². The van der Waals surface area contributed by atoms with Gasteiger partial charge in [-0.3, -0.25) is 0 Å². The van der Waals surface area contributed by atoms with E-state index in [1.54, 1.807) is 6.07 Å². The van der Waals surface area contributed by atoms with Gasteiger partial charge in [-0.2, -0.15) is 0 Å². The average Bonchev–Trinajstić information content (AvgIpc) is 2.62. The highest BCUT2D eigenvalue weighted by atomic mass is 35.5. The maximum absolute atomic E-state index is 6.51. The molecule has 1 saturated heterocycles. The highest BCUT2D eigenvalue weighted by Gasteiger charge is 2.52. The molecule has 6 heteroatoms. The number of anilines is 1. The standard InChI is InChI=1S/C16H20BClN2O2/c1-9-6-7-11-13(14(9)18)10(8-12(19)20-11)17-21-15(2,3)16(4,5)22-17/h6-8H,1-5H3,(H2,19,20). The van der Waals surface area contributed by atoms with Crippen LogP contribution in [0, 0.1) is 6.92 Å². The fourth-order valence-electron chi connectivity index (χ4n) is 2.60. The maximum Gasteiger partial charge on any atom is 0.495 e. The monoisotopic (exact) mass is 318 g/mol. The van der Waals surface area contributed by atoms with E-state index in [9.17, 15) is 0 Å². The summed E-state index contributed by atoms with van der Waals surface area (Å²) in [5.41, 5.74) is 7.68. The lowest BCUT2D eigenvalue weighted by molar-refractivity contribution is 0.00578. The largest absolute Gasteiger partial charge is 0.495 e. The number of hydrogen-bond donors (Lipinski definition) is 1. The smallest absolute Gasteiger partial charge is 0.399 e. The first kappa shape index (κ1) is 15.6. The average molecular weight is 319 g/mol. The summed E-state index contributed by atoms with van der Waals surface area (Å²) in [5.74, 6) is 0.428. The highest BCUT2D eigenvalue weighted by Crippen LogP contribution is 2.37. The number of nitrogens with two attached hydrogens (primary N) is 1. The zero-order valence-corrected chi connectivity index (χ0v) is 14.3. The summed E-state index contributed by atoms with van der Waals surface area (Å²) in [4.78, 5) is 4.36. The number of rotatable bonds is 1. The number of nitrogens with zero attached hydrogens (tertiary/aromatic N) is 1. The van der Waals surface area contributed by atoms with Gasteiger partial charge in [-0.25, -0.2) is 4.98 Å². The molecule has 1 aliphatic rings. The van der Waals surface area contributed by atoms with Gasteiger partial charge in [0.05, 0.1) is 21.7 Å². The Morgan fingerprint density at radius 3 is 2.32 bits per heavy atom. The van der Waals surface area contributed by atoms with Crippen molar-refractivity contribution in [2.24, 2.45) is 0 Å². The summed E-state index contributed by atoms with van der Waals surface area (Å²) >= 11 is 6.51. The Morgan fingerprint density at radius 1 is 1.14 bits per heavy atom. The van der Waals surface area contributed by atoms with Gasteiger partial charge in [-0.1, -0.05) is 17.7 Å². The van der Waals surface area contributed by atoms with E-state index >= 15 is 0 Å². The molecule has 1 aromatic carbocycles. The molecule has 0 saturated carbocycles. The van der Waals surface area contributed by atoms with Crippen molar-refractivity contribution in [1.29, 1.82) is 0 Å². The molecule has 0 radical (unpaired) electrons. The summed E-state index contributed by atoms with van der Waals surface area (Å²) in [7, 11) is -0.517. The van der Waals surface area contributed by atoms with Crippen LogP contribution in [0.5, 0.6) is 0 Å². The van der Waals surface area contributed by atoms with Crippen LogP contribution in [0.2, 0.25) is 5.02 Å². The molecule has 0 spiro atoms. The molecule has 2 aromatic rings. The van der Waals surface area contributed by atoms with Gasteiger partial charge >= 0.3 is 7.12 Å². The Hall–Kier alpha value is -1.30. The van der Waals surface area contributed by atoms with Crippen molar-refractivity contribution in [1.82, 2.24) is 4.98 Å². The van der Waals surface area contributed by atoms with Gasteiger partial charge in [0.1, 0.15) is 5.82 Å². The van der Waals surface area contributed by atoms with Crippen molar-refractivity contribution >= 4 is 40.9 Å². The van der Waals surface area contributed by atoms with E-state index < -0.39 is 18.3 Å². The first-order chi connectivity index (χ1) is 10.1. The Bertz CT molecular complexity index is 745. The van der Waals surface area contributed by atoms with E-state index in [1.165, 1.54) is 0 Å². The summed E-state index contributed by atoms with van der Waals surface area (Å²) < 4.78 is 12.3. The van der Waals surface area contributed by atoms with Crippen LogP contribution < -0.4 is 11.2 Å². The van der Waals surface area contributed by atoms with Gasteiger partial charge in [0, 0.05) is 5.39 Å². The number of halogens is 1. The molecule has 0 aliphatic carbocycles. The van der Waals surface area contributed by atoms with Gasteiger partial charge < -0.3 is 15.0 Å². The van der Waals surface area contributed by atoms with Crippen molar-refractivity contribution in [3.8, 4) is 0 Å². The summed E-state index contributed by atoms with van der Waals surface area (Å²) in [6, 6.07) is 5.64. The molecule has 1 fully saturated rings. The predicted octanol–water partition coefficient (Wildman–Crippen LogP) is 3.08. The van der Waals surface area contributed by atoms with Crippen LogP contribution >= 0.6 is 11.6 Å². The van der Waals surface area contributed by atoms with Crippen molar-refractivity contribution in [2.45, 2.75) is 45.8 Å². The zero-order chi connectivity index (χ0) is 16.3. The Kier molecular flexibility index (Phi) is 3.44. The maximum atomic E-state index is 6.51. The fraction of sp³-hybridized carbons (Fsp3) is 0.438. The van der Waals surface area contributed by atoms with E-state index in [0.717, 1.165) is 21.9 Å². The van der Waals surface area contributed by atoms with E-state index in [-0.39, 0.29) is 0 Å². The van der Waals surface area contributed by atoms with Crippen molar-refractivity contribution in [2.75, 3.05) is 5.73 Å². The molecule has 1 aliphatic heterocycles. The SMILES string of the molecule is Cc1ccc2nc(N)cc(B3OC(C)(C)C(C)(C)O3)c2c1Cl. The molecule has 2 heterocycles. The number of pyridine rings is 1. The third kappa shape index (κ3) is 2.28. The number of fused-ring (bicyclic) bond motifs is 1. The minimum Gasteiger partial charge on any atom is -0.399 e. The molecule has 0 unspecified atom stereocenters. The lowest BCUT2D eigenvalue weighted by Gasteiger charge is -2.32. The molecule has 116 valence electrons. The number of nitrogen functional groups attached to an aromatic ring is 1. The molecule has 2 N–H and O–H groups in total. The Labute approximate surface area is 136 Å². The minimum absolute atomic E-state index is 0.418. The van der Waals surface area contributed by atoms with E-state index in [2.05, 4.69) is 4.98 Å². The van der Waals surface area contributed by atoms with Crippen LogP contribution in [0.4, 0.5) is 5.82 Å². The second-order valence-electron chi connectivity index (χ2n) is 6.82. The van der Waals surface area contributed by atoms with Gasteiger partial charge in [-0.15, -0.1) is 0 Å². The molecule has 1 aromatic heterocycles. The molecular formula is C16H20BClN2O2. The highest BCUT2D eigenvalue weighted by molar-refractivity contribution is 6.66. The second-order valence-corrected chi connectivity index (χ2v) is 7.19. The molecule has 22 heavy (non-hydrogen) atoms. The number of aromatic nitrogens is 1.